The lowest BCUT2D eigenvalue weighted by Crippen LogP contribution is -2.28. The Balaban J connectivity index is 1.27. The number of halogens is 1. The number of fused-ring (bicyclic) bond motifs is 1. The smallest absolute Gasteiger partial charge is 0.273 e. The number of hydrogen-bond acceptors (Lipinski definition) is 6. The summed E-state index contributed by atoms with van der Waals surface area (Å²) in [5.41, 5.74) is 2.22. The van der Waals surface area contributed by atoms with Crippen LogP contribution in [0.1, 0.15) is 29.5 Å². The Morgan fingerprint density at radius 2 is 1.61 bits per heavy atom. The molecule has 0 radical (unpaired) electrons. The molecule has 7 nitrogen and oxygen atoms in total. The van der Waals surface area contributed by atoms with Crippen molar-refractivity contribution >= 4 is 28.4 Å². The third-order valence-electron chi connectivity index (χ3n) is 6.44. The van der Waals surface area contributed by atoms with Crippen LogP contribution in [0.4, 0.5) is 10.2 Å². The van der Waals surface area contributed by atoms with Crippen molar-refractivity contribution in [3.8, 4) is 11.6 Å². The predicted octanol–water partition coefficient (Wildman–Crippen LogP) is 5.52. The minimum absolute atomic E-state index is 0.101. The van der Waals surface area contributed by atoms with Crippen LogP contribution in [0.25, 0.3) is 15.9 Å². The van der Waals surface area contributed by atoms with Gasteiger partial charge in [-0.2, -0.15) is 4.98 Å². The summed E-state index contributed by atoms with van der Waals surface area (Å²) >= 11 is 0. The summed E-state index contributed by atoms with van der Waals surface area (Å²) in [6, 6.07) is 14.6. The van der Waals surface area contributed by atoms with Gasteiger partial charge in [0, 0.05) is 12.8 Å². The van der Waals surface area contributed by atoms with Crippen LogP contribution in [-0.2, 0) is 22.4 Å². The van der Waals surface area contributed by atoms with Gasteiger partial charge in [-0.1, -0.05) is 30.8 Å². The van der Waals surface area contributed by atoms with Crippen LogP contribution in [0.2, 0.25) is 0 Å². The summed E-state index contributed by atoms with van der Waals surface area (Å²) in [7, 11) is 0. The van der Waals surface area contributed by atoms with Gasteiger partial charge in [-0.25, -0.2) is 9.37 Å². The van der Waals surface area contributed by atoms with Gasteiger partial charge in [-0.05, 0) is 66.8 Å². The molecular formula is C28H21FN4O3. The topological polar surface area (TPSA) is 86.4 Å². The summed E-state index contributed by atoms with van der Waals surface area (Å²) < 4.78 is 19.0. The van der Waals surface area contributed by atoms with Crippen molar-refractivity contribution in [1.82, 2.24) is 15.0 Å². The average molecular weight is 480 g/mol. The van der Waals surface area contributed by atoms with Crippen molar-refractivity contribution in [3.05, 3.63) is 94.8 Å². The maximum atomic E-state index is 13.1. The van der Waals surface area contributed by atoms with Crippen molar-refractivity contribution < 1.29 is 18.7 Å². The molecule has 2 heterocycles. The zero-order valence-corrected chi connectivity index (χ0v) is 19.5. The molecule has 0 saturated heterocycles. The third kappa shape index (κ3) is 4.56. The minimum atomic E-state index is -0.937. The van der Waals surface area contributed by atoms with Crippen LogP contribution in [0.5, 0.6) is 11.6 Å². The number of rotatable bonds is 8. The Hall–Kier alpha value is -4.51. The molecule has 36 heavy (non-hydrogen) atoms. The van der Waals surface area contributed by atoms with Gasteiger partial charge in [0.2, 0.25) is 5.52 Å². The first-order chi connectivity index (χ1) is 17.4. The van der Waals surface area contributed by atoms with Gasteiger partial charge in [-0.15, -0.1) is 4.98 Å². The van der Waals surface area contributed by atoms with Crippen LogP contribution in [0.15, 0.2) is 60.9 Å². The Bertz CT molecular complexity index is 1520. The first-order valence-corrected chi connectivity index (χ1v) is 11.5. The van der Waals surface area contributed by atoms with E-state index in [9.17, 15) is 14.0 Å². The van der Waals surface area contributed by atoms with E-state index in [0.717, 1.165) is 11.1 Å². The maximum absolute atomic E-state index is 13.1. The maximum Gasteiger partial charge on any atom is 0.273 e. The second-order valence-corrected chi connectivity index (χ2v) is 8.94. The Labute approximate surface area is 206 Å². The van der Waals surface area contributed by atoms with Gasteiger partial charge in [0.25, 0.3) is 11.7 Å². The molecule has 0 amide bonds. The molecule has 1 fully saturated rings. The van der Waals surface area contributed by atoms with Gasteiger partial charge in [0.1, 0.15) is 23.4 Å². The molecule has 2 aromatic carbocycles. The number of aromatic nitrogens is 3. The highest BCUT2D eigenvalue weighted by Crippen LogP contribution is 2.48. The number of ether oxygens (including phenoxy) is 1. The van der Waals surface area contributed by atoms with Crippen LogP contribution in [0, 0.1) is 24.7 Å². The normalized spacial score (nSPS) is 13.7. The van der Waals surface area contributed by atoms with Crippen molar-refractivity contribution in [3.63, 3.8) is 0 Å². The van der Waals surface area contributed by atoms with Gasteiger partial charge in [-0.3, -0.25) is 9.59 Å². The van der Waals surface area contributed by atoms with Crippen LogP contribution < -0.4 is 4.74 Å². The Morgan fingerprint density at radius 1 is 1.00 bits per heavy atom. The second-order valence-electron chi connectivity index (χ2n) is 8.94. The van der Waals surface area contributed by atoms with Crippen LogP contribution in [0.3, 0.4) is 0 Å². The first kappa shape index (κ1) is 23.2. The van der Waals surface area contributed by atoms with E-state index in [0.29, 0.717) is 35.2 Å². The summed E-state index contributed by atoms with van der Waals surface area (Å²) in [5, 5.41) is 0. The summed E-state index contributed by atoms with van der Waals surface area (Å²) in [5.74, 6) is 0.415. The number of benzene rings is 2. The van der Waals surface area contributed by atoms with Crippen molar-refractivity contribution in [2.24, 2.45) is 5.41 Å². The molecule has 0 atom stereocenters. The highest BCUT2D eigenvalue weighted by atomic mass is 19.1. The summed E-state index contributed by atoms with van der Waals surface area (Å²) in [6.07, 6.45) is 2.73. The summed E-state index contributed by atoms with van der Waals surface area (Å²) in [6.45, 7) is 9.08. The number of Topliss-reactive ketones (excluding diaryl/α,β-unsaturated/α-hetero) is 2. The van der Waals surface area contributed by atoms with Gasteiger partial charge >= 0.3 is 0 Å². The fourth-order valence-corrected chi connectivity index (χ4v) is 4.17. The second kappa shape index (κ2) is 9.27. The molecule has 8 heteroatoms. The lowest BCUT2D eigenvalue weighted by Gasteiger charge is -2.13. The minimum Gasteiger partial charge on any atom is -0.435 e. The van der Waals surface area contributed by atoms with Crippen LogP contribution >= 0.6 is 0 Å². The molecular weight excluding hydrogens is 459 g/mol. The highest BCUT2D eigenvalue weighted by Gasteiger charge is 2.54. The quantitative estimate of drug-likeness (QED) is 0.244. The fraction of sp³-hybridized carbons (Fsp3) is 0.214. The molecule has 0 aliphatic heterocycles. The summed E-state index contributed by atoms with van der Waals surface area (Å²) in [4.78, 5) is 42.0. The molecule has 4 aromatic rings. The molecule has 5 rings (SSSR count). The number of hydrogen-bond donors (Lipinski definition) is 0. The van der Waals surface area contributed by atoms with E-state index < -0.39 is 5.41 Å². The van der Waals surface area contributed by atoms with E-state index in [1.807, 2.05) is 0 Å². The monoisotopic (exact) mass is 480 g/mol. The molecule has 0 N–H and O–H groups in total. The molecule has 1 saturated carbocycles. The molecule has 0 spiro atoms. The number of aryl methyl sites for hydroxylation is 1. The van der Waals surface area contributed by atoms with Crippen LogP contribution in [-0.4, -0.2) is 26.5 Å². The van der Waals surface area contributed by atoms with Crippen molar-refractivity contribution in [2.75, 3.05) is 0 Å². The molecule has 1 aliphatic carbocycles. The van der Waals surface area contributed by atoms with E-state index in [-0.39, 0.29) is 41.9 Å². The first-order valence-electron chi connectivity index (χ1n) is 11.5. The van der Waals surface area contributed by atoms with E-state index in [2.05, 4.69) is 19.8 Å². The molecule has 0 bridgehead atoms. The zero-order chi connectivity index (χ0) is 25.3. The fourth-order valence-electron chi connectivity index (χ4n) is 4.17. The number of carbonyl (C=O) groups excluding carboxylic acids is 2. The number of pyridine rings is 1. The van der Waals surface area contributed by atoms with E-state index in [1.165, 1.54) is 18.5 Å². The van der Waals surface area contributed by atoms with Gasteiger partial charge in [0.15, 0.2) is 11.6 Å². The molecule has 2 aromatic heterocycles. The van der Waals surface area contributed by atoms with Crippen molar-refractivity contribution in [1.29, 1.82) is 0 Å². The number of nitrogens with zero attached hydrogens (tertiary/aromatic N) is 4. The van der Waals surface area contributed by atoms with E-state index in [4.69, 9.17) is 11.3 Å². The Kier molecular flexibility index (Phi) is 5.98. The van der Waals surface area contributed by atoms with Crippen molar-refractivity contribution in [2.45, 2.75) is 32.6 Å². The van der Waals surface area contributed by atoms with Gasteiger partial charge < -0.3 is 9.58 Å². The lowest BCUT2D eigenvalue weighted by molar-refractivity contribution is -0.133. The van der Waals surface area contributed by atoms with E-state index >= 15 is 0 Å². The van der Waals surface area contributed by atoms with E-state index in [1.54, 1.807) is 49.4 Å². The molecule has 178 valence electrons. The Morgan fingerprint density at radius 3 is 2.19 bits per heavy atom. The number of ketones is 2. The third-order valence-corrected chi connectivity index (χ3v) is 6.44. The SMILES string of the molecule is [C-]#[N+]c1nc2c(Oc3ccc(CC(=O)C4(C(=O)Cc5ccc(F)cc5)CC4)cc3)ncnc2cc1C. The zero-order valence-electron chi connectivity index (χ0n) is 19.5. The molecule has 1 aliphatic rings. The molecule has 0 unspecified atom stereocenters. The highest BCUT2D eigenvalue weighted by molar-refractivity contribution is 6.10. The number of carbonyl (C=O) groups is 2. The average Bonchev–Trinajstić information content (AvgIpc) is 3.69. The predicted molar refractivity (Wildman–Crippen MR) is 130 cm³/mol. The largest absolute Gasteiger partial charge is 0.435 e. The lowest BCUT2D eigenvalue weighted by atomic mass is 9.88. The van der Waals surface area contributed by atoms with Gasteiger partial charge in [0.05, 0.1) is 5.41 Å². The standard InChI is InChI=1S/C28H21FN4O3/c1-17-13-22-25(33-26(17)30-2)27(32-16-31-22)36-21-9-5-19(6-10-21)15-24(35)28(11-12-28)23(34)14-18-3-7-20(29)8-4-18/h3-10,13,16H,11-12,14-15H2,1H3.